The van der Waals surface area contributed by atoms with Gasteiger partial charge in [-0.25, -0.2) is 0 Å². The molecule has 0 atom stereocenters. The van der Waals surface area contributed by atoms with E-state index in [1.807, 2.05) is 0 Å². The summed E-state index contributed by atoms with van der Waals surface area (Å²) in [5.41, 5.74) is 18.2. The van der Waals surface area contributed by atoms with E-state index in [1.165, 1.54) is 88.3 Å². The lowest BCUT2D eigenvalue weighted by Gasteiger charge is -2.30. The largest absolute Gasteiger partial charge is 0.310 e. The van der Waals surface area contributed by atoms with Crippen molar-refractivity contribution in [2.45, 2.75) is 19.3 Å². The van der Waals surface area contributed by atoms with Gasteiger partial charge in [0.15, 0.2) is 0 Å². The van der Waals surface area contributed by atoms with E-state index < -0.39 is 0 Å². The van der Waals surface area contributed by atoms with Gasteiger partial charge in [-0.2, -0.15) is 0 Å². The van der Waals surface area contributed by atoms with Crippen molar-refractivity contribution in [2.75, 3.05) is 4.90 Å². The Bertz CT molecular complexity index is 3210. The quantitative estimate of drug-likeness (QED) is 0.146. The third-order valence-electron chi connectivity index (χ3n) is 12.7. The smallest absolute Gasteiger partial charge is 0.0546 e. The second-order valence-corrected chi connectivity index (χ2v) is 16.5. The van der Waals surface area contributed by atoms with Crippen LogP contribution in [0.5, 0.6) is 0 Å². The van der Waals surface area contributed by atoms with Crippen LogP contribution in [-0.2, 0) is 5.41 Å². The Morgan fingerprint density at radius 3 is 1.53 bits per heavy atom. The van der Waals surface area contributed by atoms with Gasteiger partial charge in [0.1, 0.15) is 0 Å². The average molecular weight is 766 g/mol. The molecule has 0 unspecified atom stereocenters. The molecule has 0 N–H and O–H groups in total. The highest BCUT2D eigenvalue weighted by molar-refractivity contribution is 6.15. The minimum Gasteiger partial charge on any atom is -0.310 e. The zero-order valence-electron chi connectivity index (χ0n) is 33.8. The Hall–Kier alpha value is -7.48. The molecule has 0 radical (unpaired) electrons. The van der Waals surface area contributed by atoms with Crippen LogP contribution in [0.25, 0.3) is 77.2 Å². The average Bonchev–Trinajstić information content (AvgIpc) is 3.55. The van der Waals surface area contributed by atoms with Gasteiger partial charge in [0.05, 0.1) is 5.69 Å². The number of hydrogen-bond donors (Lipinski definition) is 0. The lowest BCUT2D eigenvalue weighted by Crippen LogP contribution is -2.16. The SMILES string of the molecule is CC1(C)c2ccccc2-c2ccc(N(c3ccc(-c4ccccc4-c4ccccc4)c(-c4ccc(-c5ccccc5)cc4)c3)c3cc4ccccc4c4ccccc34)cc21. The van der Waals surface area contributed by atoms with E-state index in [4.69, 9.17) is 0 Å². The lowest BCUT2D eigenvalue weighted by molar-refractivity contribution is 0.660. The van der Waals surface area contributed by atoms with Gasteiger partial charge in [-0.3, -0.25) is 0 Å². The first kappa shape index (κ1) is 35.7. The molecule has 0 saturated carbocycles. The van der Waals surface area contributed by atoms with Crippen LogP contribution in [-0.4, -0.2) is 0 Å². The Labute approximate surface area is 352 Å². The molecule has 0 aromatic heterocycles. The molecule has 10 aromatic rings. The van der Waals surface area contributed by atoms with Crippen molar-refractivity contribution in [2.24, 2.45) is 0 Å². The van der Waals surface area contributed by atoms with Gasteiger partial charge in [0.25, 0.3) is 0 Å². The van der Waals surface area contributed by atoms with E-state index in [-0.39, 0.29) is 5.41 Å². The maximum Gasteiger partial charge on any atom is 0.0546 e. The van der Waals surface area contributed by atoms with E-state index in [0.29, 0.717) is 0 Å². The number of rotatable bonds is 7. The Balaban J connectivity index is 1.17. The van der Waals surface area contributed by atoms with Crippen molar-refractivity contribution >= 4 is 38.6 Å². The highest BCUT2D eigenvalue weighted by Gasteiger charge is 2.36. The first-order chi connectivity index (χ1) is 29.5. The molecule has 0 aliphatic heterocycles. The van der Waals surface area contributed by atoms with Crippen LogP contribution in [0.4, 0.5) is 17.1 Å². The third-order valence-corrected chi connectivity index (χ3v) is 12.7. The van der Waals surface area contributed by atoms with Crippen LogP contribution in [0, 0.1) is 0 Å². The van der Waals surface area contributed by atoms with Gasteiger partial charge in [-0.05, 0) is 113 Å². The van der Waals surface area contributed by atoms with Gasteiger partial charge in [-0.1, -0.05) is 208 Å². The second kappa shape index (κ2) is 14.4. The van der Waals surface area contributed by atoms with Crippen molar-refractivity contribution < 1.29 is 0 Å². The monoisotopic (exact) mass is 765 g/mol. The third kappa shape index (κ3) is 5.93. The molecule has 0 spiro atoms. The van der Waals surface area contributed by atoms with Crippen LogP contribution in [0.3, 0.4) is 0 Å². The molecule has 0 amide bonds. The second-order valence-electron chi connectivity index (χ2n) is 16.5. The van der Waals surface area contributed by atoms with E-state index in [2.05, 4.69) is 243 Å². The van der Waals surface area contributed by atoms with Crippen molar-refractivity contribution in [3.05, 3.63) is 236 Å². The maximum absolute atomic E-state index is 2.50. The van der Waals surface area contributed by atoms with E-state index in [9.17, 15) is 0 Å². The first-order valence-corrected chi connectivity index (χ1v) is 20.9. The summed E-state index contributed by atoms with van der Waals surface area (Å²) in [6.07, 6.45) is 0. The molecule has 1 heteroatoms. The summed E-state index contributed by atoms with van der Waals surface area (Å²) in [6, 6.07) is 82.5. The van der Waals surface area contributed by atoms with Gasteiger partial charge in [0.2, 0.25) is 0 Å². The normalized spacial score (nSPS) is 12.6. The van der Waals surface area contributed by atoms with Crippen molar-refractivity contribution in [3.8, 4) is 55.6 Å². The van der Waals surface area contributed by atoms with E-state index in [0.717, 1.165) is 17.1 Å². The van der Waals surface area contributed by atoms with Gasteiger partial charge < -0.3 is 4.90 Å². The zero-order valence-corrected chi connectivity index (χ0v) is 33.8. The molecule has 10 aromatic carbocycles. The Morgan fingerprint density at radius 2 is 0.783 bits per heavy atom. The number of nitrogens with zero attached hydrogens (tertiary/aromatic N) is 1. The van der Waals surface area contributed by atoms with Gasteiger partial charge >= 0.3 is 0 Å². The summed E-state index contributed by atoms with van der Waals surface area (Å²) in [7, 11) is 0. The fourth-order valence-electron chi connectivity index (χ4n) is 9.68. The topological polar surface area (TPSA) is 3.24 Å². The zero-order chi connectivity index (χ0) is 40.2. The molecule has 284 valence electrons. The molecule has 1 aliphatic rings. The minimum absolute atomic E-state index is 0.143. The van der Waals surface area contributed by atoms with Crippen molar-refractivity contribution in [1.82, 2.24) is 0 Å². The van der Waals surface area contributed by atoms with Crippen LogP contribution in [0.1, 0.15) is 25.0 Å². The minimum atomic E-state index is -0.143. The fourth-order valence-corrected chi connectivity index (χ4v) is 9.68. The maximum atomic E-state index is 2.50. The van der Waals surface area contributed by atoms with Crippen molar-refractivity contribution in [3.63, 3.8) is 0 Å². The van der Waals surface area contributed by atoms with E-state index in [1.54, 1.807) is 0 Å². The predicted octanol–water partition coefficient (Wildman–Crippen LogP) is 16.4. The van der Waals surface area contributed by atoms with Crippen LogP contribution < -0.4 is 4.90 Å². The molecule has 0 fully saturated rings. The van der Waals surface area contributed by atoms with Gasteiger partial charge in [-0.15, -0.1) is 0 Å². The number of benzene rings is 10. The summed E-state index contributed by atoms with van der Waals surface area (Å²) >= 11 is 0. The number of anilines is 3. The summed E-state index contributed by atoms with van der Waals surface area (Å²) in [4.78, 5) is 2.50. The molecular formula is C59H43N. The highest BCUT2D eigenvalue weighted by atomic mass is 15.1. The summed E-state index contributed by atoms with van der Waals surface area (Å²) in [5.74, 6) is 0. The summed E-state index contributed by atoms with van der Waals surface area (Å²) in [5, 5.41) is 4.94. The summed E-state index contributed by atoms with van der Waals surface area (Å²) in [6.45, 7) is 4.74. The number of fused-ring (bicyclic) bond motifs is 6. The van der Waals surface area contributed by atoms with Crippen molar-refractivity contribution in [1.29, 1.82) is 0 Å². The molecule has 0 bridgehead atoms. The molecular weight excluding hydrogens is 723 g/mol. The lowest BCUT2D eigenvalue weighted by atomic mass is 9.82. The fraction of sp³-hybridized carbons (Fsp3) is 0.0508. The standard InChI is InChI=1S/C59H43N/c1-59(2)56-28-16-15-26-52(56)53-36-34-46(39-57(53)59)60(58-37-44-21-9-10-23-48(44)50-25-13-14-27-54(50)58)45-33-35-51(49-24-12-11-22-47(49)42-19-7-4-8-20-42)55(38-45)43-31-29-41(30-32-43)40-17-5-3-6-18-40/h3-39H,1-2H3. The van der Waals surface area contributed by atoms with Gasteiger partial charge in [0, 0.05) is 22.2 Å². The molecule has 60 heavy (non-hydrogen) atoms. The highest BCUT2D eigenvalue weighted by Crippen LogP contribution is 2.52. The number of hydrogen-bond acceptors (Lipinski definition) is 1. The molecule has 0 saturated heterocycles. The Morgan fingerprint density at radius 1 is 0.300 bits per heavy atom. The molecule has 1 aliphatic carbocycles. The molecule has 11 rings (SSSR count). The summed E-state index contributed by atoms with van der Waals surface area (Å²) < 4.78 is 0. The van der Waals surface area contributed by atoms with E-state index >= 15 is 0 Å². The van der Waals surface area contributed by atoms with Crippen LogP contribution >= 0.6 is 0 Å². The molecule has 0 heterocycles. The Kier molecular flexibility index (Phi) is 8.57. The molecule has 1 nitrogen and oxygen atoms in total. The predicted molar refractivity (Wildman–Crippen MR) is 255 cm³/mol. The first-order valence-electron chi connectivity index (χ1n) is 20.9. The van der Waals surface area contributed by atoms with Crippen LogP contribution in [0.2, 0.25) is 0 Å². The van der Waals surface area contributed by atoms with Crippen LogP contribution in [0.15, 0.2) is 224 Å².